The number of carbonyl (C=O) groups excluding carboxylic acids is 1. The Bertz CT molecular complexity index is 652. The van der Waals surface area contributed by atoms with E-state index in [1.54, 1.807) is 36.2 Å². The van der Waals surface area contributed by atoms with Crippen molar-refractivity contribution in [3.63, 3.8) is 0 Å². The van der Waals surface area contributed by atoms with Crippen LogP contribution in [-0.2, 0) is 0 Å². The topological polar surface area (TPSA) is 64.2 Å². The predicted molar refractivity (Wildman–Crippen MR) is 68.3 cm³/mol. The summed E-state index contributed by atoms with van der Waals surface area (Å²) in [6.45, 7) is 1.98. The van der Waals surface area contributed by atoms with Gasteiger partial charge in [0.05, 0.1) is 6.54 Å². The summed E-state index contributed by atoms with van der Waals surface area (Å²) >= 11 is 0. The first-order chi connectivity index (χ1) is 9.08. The van der Waals surface area contributed by atoms with Crippen LogP contribution in [0.25, 0.3) is 0 Å². The van der Waals surface area contributed by atoms with Crippen molar-refractivity contribution in [1.82, 2.24) is 9.78 Å². The maximum Gasteiger partial charge on any atom is 0.276 e. The summed E-state index contributed by atoms with van der Waals surface area (Å²) in [6.07, 6.45) is 1.15. The van der Waals surface area contributed by atoms with Crippen LogP contribution in [0.4, 0.5) is 10.1 Å². The van der Waals surface area contributed by atoms with Gasteiger partial charge in [-0.3, -0.25) is 4.79 Å². The molecule has 0 saturated heterocycles. The number of fused-ring (bicyclic) bond motifs is 1. The molecule has 1 amide bonds. The van der Waals surface area contributed by atoms with E-state index in [9.17, 15) is 9.18 Å². The Kier molecular flexibility index (Phi) is 2.60. The van der Waals surface area contributed by atoms with Gasteiger partial charge in [0.2, 0.25) is 0 Å². The van der Waals surface area contributed by atoms with Gasteiger partial charge < -0.3 is 10.6 Å². The molecule has 6 heteroatoms. The standard InChI is InChI=1S/C13H13FN4O/c1-8-6-9(2-3-10(8)14)17-7-12(15)18-11(13(17)19)4-5-16-18/h2-6,12H,7,15H2,1H3/t12-/m1/s1. The second kappa shape index (κ2) is 4.17. The van der Waals surface area contributed by atoms with Crippen LogP contribution in [0.5, 0.6) is 0 Å². The lowest BCUT2D eigenvalue weighted by Crippen LogP contribution is -2.46. The number of halogens is 1. The van der Waals surface area contributed by atoms with Crippen LogP contribution >= 0.6 is 0 Å². The number of benzene rings is 1. The van der Waals surface area contributed by atoms with Crippen LogP contribution in [0.3, 0.4) is 0 Å². The fourth-order valence-electron chi connectivity index (χ4n) is 2.25. The maximum absolute atomic E-state index is 13.3. The molecule has 0 spiro atoms. The molecule has 0 radical (unpaired) electrons. The molecule has 0 unspecified atom stereocenters. The Morgan fingerprint density at radius 1 is 1.42 bits per heavy atom. The first kappa shape index (κ1) is 11.9. The Balaban J connectivity index is 2.03. The average molecular weight is 260 g/mol. The van der Waals surface area contributed by atoms with Crippen molar-refractivity contribution in [2.45, 2.75) is 13.1 Å². The van der Waals surface area contributed by atoms with E-state index in [0.717, 1.165) is 0 Å². The number of hydrogen-bond acceptors (Lipinski definition) is 3. The molecule has 1 atom stereocenters. The summed E-state index contributed by atoms with van der Waals surface area (Å²) in [5, 5.41) is 4.03. The van der Waals surface area contributed by atoms with Crippen molar-refractivity contribution < 1.29 is 9.18 Å². The summed E-state index contributed by atoms with van der Waals surface area (Å²) in [5.41, 5.74) is 7.57. The van der Waals surface area contributed by atoms with Crippen molar-refractivity contribution >= 4 is 11.6 Å². The summed E-state index contributed by atoms with van der Waals surface area (Å²) in [5.74, 6) is -0.465. The van der Waals surface area contributed by atoms with Crippen LogP contribution in [0.1, 0.15) is 22.2 Å². The van der Waals surface area contributed by atoms with Gasteiger partial charge in [-0.15, -0.1) is 0 Å². The van der Waals surface area contributed by atoms with Crippen molar-refractivity contribution in [2.75, 3.05) is 11.4 Å². The normalized spacial score (nSPS) is 18.6. The third kappa shape index (κ3) is 1.80. The minimum Gasteiger partial charge on any atom is -0.308 e. The van der Waals surface area contributed by atoms with E-state index < -0.39 is 6.17 Å². The Labute approximate surface area is 109 Å². The molecule has 19 heavy (non-hydrogen) atoms. The number of rotatable bonds is 1. The molecule has 0 saturated carbocycles. The highest BCUT2D eigenvalue weighted by atomic mass is 19.1. The lowest BCUT2D eigenvalue weighted by molar-refractivity contribution is 0.0951. The number of anilines is 1. The first-order valence-corrected chi connectivity index (χ1v) is 5.95. The highest BCUT2D eigenvalue weighted by Crippen LogP contribution is 2.25. The fraction of sp³-hybridized carbons (Fsp3) is 0.231. The molecule has 0 bridgehead atoms. The van der Waals surface area contributed by atoms with Gasteiger partial charge >= 0.3 is 0 Å². The summed E-state index contributed by atoms with van der Waals surface area (Å²) < 4.78 is 14.8. The van der Waals surface area contributed by atoms with E-state index in [2.05, 4.69) is 5.10 Å². The average Bonchev–Trinajstić information content (AvgIpc) is 2.87. The van der Waals surface area contributed by atoms with Gasteiger partial charge in [-0.05, 0) is 36.8 Å². The van der Waals surface area contributed by atoms with E-state index in [4.69, 9.17) is 5.73 Å². The summed E-state index contributed by atoms with van der Waals surface area (Å²) in [4.78, 5) is 13.9. The largest absolute Gasteiger partial charge is 0.308 e. The molecule has 1 aliphatic heterocycles. The number of amides is 1. The van der Waals surface area contributed by atoms with Crippen molar-refractivity contribution in [3.8, 4) is 0 Å². The zero-order valence-electron chi connectivity index (χ0n) is 10.4. The molecule has 1 aliphatic rings. The Hall–Kier alpha value is -2.21. The van der Waals surface area contributed by atoms with Crippen LogP contribution in [0.2, 0.25) is 0 Å². The zero-order chi connectivity index (χ0) is 13.6. The quantitative estimate of drug-likeness (QED) is 0.844. The second-order valence-electron chi connectivity index (χ2n) is 4.58. The molecule has 2 N–H and O–H groups in total. The maximum atomic E-state index is 13.3. The second-order valence-corrected chi connectivity index (χ2v) is 4.58. The number of nitrogens with zero attached hydrogens (tertiary/aromatic N) is 3. The van der Waals surface area contributed by atoms with Crippen LogP contribution in [0, 0.1) is 12.7 Å². The predicted octanol–water partition coefficient (Wildman–Crippen LogP) is 1.45. The fourth-order valence-corrected chi connectivity index (χ4v) is 2.25. The van der Waals surface area contributed by atoms with Gasteiger partial charge in [-0.25, -0.2) is 9.07 Å². The number of aryl methyl sites for hydroxylation is 1. The van der Waals surface area contributed by atoms with Gasteiger partial charge in [0.1, 0.15) is 17.7 Å². The van der Waals surface area contributed by atoms with Crippen LogP contribution in [0.15, 0.2) is 30.5 Å². The summed E-state index contributed by atoms with van der Waals surface area (Å²) in [6, 6.07) is 6.21. The molecule has 1 aromatic carbocycles. The van der Waals surface area contributed by atoms with E-state index in [1.165, 1.54) is 10.7 Å². The molecule has 2 aromatic rings. The van der Waals surface area contributed by atoms with Crippen molar-refractivity contribution in [3.05, 3.63) is 47.5 Å². The molecule has 1 aromatic heterocycles. The molecule has 3 rings (SSSR count). The number of carbonyl (C=O) groups is 1. The van der Waals surface area contributed by atoms with E-state index in [-0.39, 0.29) is 11.7 Å². The van der Waals surface area contributed by atoms with E-state index in [0.29, 0.717) is 23.5 Å². The molecular formula is C13H13FN4O. The van der Waals surface area contributed by atoms with Gasteiger partial charge in [0, 0.05) is 11.9 Å². The first-order valence-electron chi connectivity index (χ1n) is 5.95. The van der Waals surface area contributed by atoms with Gasteiger partial charge in [-0.2, -0.15) is 5.10 Å². The van der Waals surface area contributed by atoms with E-state index >= 15 is 0 Å². The van der Waals surface area contributed by atoms with Crippen LogP contribution < -0.4 is 10.6 Å². The summed E-state index contributed by atoms with van der Waals surface area (Å²) in [7, 11) is 0. The SMILES string of the molecule is Cc1cc(N2C[C@H](N)n3nccc3C2=O)ccc1F. The molecular weight excluding hydrogens is 247 g/mol. The minimum absolute atomic E-state index is 0.176. The third-order valence-electron chi connectivity index (χ3n) is 3.27. The third-order valence-corrected chi connectivity index (χ3v) is 3.27. The highest BCUT2D eigenvalue weighted by Gasteiger charge is 2.30. The number of nitrogens with two attached hydrogens (primary N) is 1. The lowest BCUT2D eigenvalue weighted by atomic mass is 10.1. The Morgan fingerprint density at radius 3 is 2.95 bits per heavy atom. The van der Waals surface area contributed by atoms with Crippen LogP contribution in [-0.4, -0.2) is 22.2 Å². The van der Waals surface area contributed by atoms with Crippen molar-refractivity contribution in [1.29, 1.82) is 0 Å². The van der Waals surface area contributed by atoms with Gasteiger partial charge in [-0.1, -0.05) is 0 Å². The minimum atomic E-state index is -0.395. The monoisotopic (exact) mass is 260 g/mol. The lowest BCUT2D eigenvalue weighted by Gasteiger charge is -2.31. The Morgan fingerprint density at radius 2 is 2.21 bits per heavy atom. The molecule has 0 aliphatic carbocycles. The smallest absolute Gasteiger partial charge is 0.276 e. The number of aromatic nitrogens is 2. The van der Waals surface area contributed by atoms with Gasteiger partial charge in [0.15, 0.2) is 0 Å². The number of hydrogen-bond donors (Lipinski definition) is 1. The molecule has 98 valence electrons. The van der Waals surface area contributed by atoms with Gasteiger partial charge in [0.25, 0.3) is 5.91 Å². The van der Waals surface area contributed by atoms with E-state index in [1.807, 2.05) is 0 Å². The zero-order valence-corrected chi connectivity index (χ0v) is 10.4. The molecule has 0 fully saturated rings. The highest BCUT2D eigenvalue weighted by molar-refractivity contribution is 6.05. The molecule has 5 nitrogen and oxygen atoms in total. The molecule has 2 heterocycles. The van der Waals surface area contributed by atoms with Crippen molar-refractivity contribution in [2.24, 2.45) is 5.73 Å².